The number of hydrogen-bond acceptors (Lipinski definition) is 12. The highest BCUT2D eigenvalue weighted by atomic mass is 16.5. The number of aryl methyl sites for hydroxylation is 1. The van der Waals surface area contributed by atoms with Crippen LogP contribution in [0.15, 0.2) is 55.1 Å². The first kappa shape index (κ1) is 29.3. The minimum absolute atomic E-state index is 0.409. The number of nitrogens with one attached hydrogen (secondary N) is 1. The summed E-state index contributed by atoms with van der Waals surface area (Å²) in [5, 5.41) is 24.4. The molecule has 2 aromatic heterocycles. The third-order valence-corrected chi connectivity index (χ3v) is 8.06. The highest BCUT2D eigenvalue weighted by Crippen LogP contribution is 2.33. The van der Waals surface area contributed by atoms with E-state index in [1.54, 1.807) is 25.6 Å². The second-order valence-electron chi connectivity index (χ2n) is 10.7. The number of nitrogens with zero attached hydrogens (tertiary/aromatic N) is 9. The quantitative estimate of drug-likeness (QED) is 0.253. The highest BCUT2D eigenvalue weighted by Gasteiger charge is 2.26. The van der Waals surface area contributed by atoms with Crippen LogP contribution in [0.4, 0.5) is 17.3 Å². The SMILES string of the molecule is COc1cc(N2CCC(N3CCOCC3)CC2)ccc1Nc1ncc(-c2ccc(C#N)c(OCCCn3ncnn3)c2)cn1. The molecule has 0 aliphatic carbocycles. The summed E-state index contributed by atoms with van der Waals surface area (Å²) >= 11 is 0. The van der Waals surface area contributed by atoms with Crippen LogP contribution >= 0.6 is 0 Å². The molecule has 44 heavy (non-hydrogen) atoms. The molecule has 0 saturated carbocycles. The largest absolute Gasteiger partial charge is 0.494 e. The molecule has 0 radical (unpaired) electrons. The van der Waals surface area contributed by atoms with Crippen LogP contribution in [-0.4, -0.2) is 94.2 Å². The molecule has 2 aliphatic rings. The number of nitriles is 1. The van der Waals surface area contributed by atoms with Crippen LogP contribution in [0.1, 0.15) is 24.8 Å². The van der Waals surface area contributed by atoms with Crippen LogP contribution in [0, 0.1) is 11.3 Å². The van der Waals surface area contributed by atoms with Gasteiger partial charge >= 0.3 is 0 Å². The van der Waals surface area contributed by atoms with Gasteiger partial charge in [-0.15, -0.1) is 10.2 Å². The van der Waals surface area contributed by atoms with Gasteiger partial charge in [0.1, 0.15) is 17.6 Å². The standard InChI is InChI=1S/C31H36N10O3/c1-42-30-18-27(39-10-7-26(8-11-39)40-12-15-43-16-13-40)5-6-28(30)37-31-33-20-25(21-34-31)23-3-4-24(19-32)29(17-23)44-14-2-9-41-36-22-35-38-41/h3-6,17-18,20-22,26H,2,7-16H2,1H3,(H,33,34,37). The fraction of sp³-hybridized carbons (Fsp3) is 0.419. The summed E-state index contributed by atoms with van der Waals surface area (Å²) in [6.45, 7) is 6.78. The zero-order valence-corrected chi connectivity index (χ0v) is 24.8. The summed E-state index contributed by atoms with van der Waals surface area (Å²) in [4.78, 5) is 15.6. The molecule has 228 valence electrons. The Morgan fingerprint density at radius 3 is 2.55 bits per heavy atom. The average molecular weight is 597 g/mol. The van der Waals surface area contributed by atoms with Gasteiger partial charge < -0.3 is 24.4 Å². The summed E-state index contributed by atoms with van der Waals surface area (Å²) in [6, 6.07) is 14.5. The molecule has 1 N–H and O–H groups in total. The van der Waals surface area contributed by atoms with E-state index in [2.05, 4.69) is 58.7 Å². The summed E-state index contributed by atoms with van der Waals surface area (Å²) in [5.41, 5.74) is 4.06. The van der Waals surface area contributed by atoms with E-state index in [1.165, 1.54) is 11.1 Å². The minimum Gasteiger partial charge on any atom is -0.494 e. The Hall–Kier alpha value is -4.80. The topological polar surface area (TPSA) is 139 Å². The molecule has 4 aromatic rings. The molecule has 13 nitrogen and oxygen atoms in total. The molecule has 2 saturated heterocycles. The fourth-order valence-corrected chi connectivity index (χ4v) is 5.67. The Morgan fingerprint density at radius 2 is 1.82 bits per heavy atom. The molecular formula is C31H36N10O3. The highest BCUT2D eigenvalue weighted by molar-refractivity contribution is 5.70. The average Bonchev–Trinajstić information content (AvgIpc) is 3.61. The summed E-state index contributed by atoms with van der Waals surface area (Å²) in [5.74, 6) is 1.70. The lowest BCUT2D eigenvalue weighted by Crippen LogP contribution is -2.49. The Kier molecular flexibility index (Phi) is 9.39. The predicted molar refractivity (Wildman–Crippen MR) is 164 cm³/mol. The number of morpholine rings is 1. The number of ether oxygens (including phenoxy) is 3. The van der Waals surface area contributed by atoms with E-state index in [4.69, 9.17) is 14.2 Å². The van der Waals surface area contributed by atoms with E-state index in [-0.39, 0.29) is 0 Å². The zero-order valence-electron chi connectivity index (χ0n) is 24.8. The first-order valence-corrected chi connectivity index (χ1v) is 14.9. The smallest absolute Gasteiger partial charge is 0.227 e. The molecule has 2 aliphatic heterocycles. The van der Waals surface area contributed by atoms with Gasteiger partial charge in [0, 0.05) is 68.4 Å². The summed E-state index contributed by atoms with van der Waals surface area (Å²) in [7, 11) is 1.68. The second-order valence-corrected chi connectivity index (χ2v) is 10.7. The van der Waals surface area contributed by atoms with Gasteiger partial charge in [-0.25, -0.2) is 9.97 Å². The maximum absolute atomic E-state index is 9.54. The lowest BCUT2D eigenvalue weighted by molar-refractivity contribution is 0.0115. The molecule has 0 spiro atoms. The van der Waals surface area contributed by atoms with Crippen LogP contribution in [0.25, 0.3) is 11.1 Å². The monoisotopic (exact) mass is 596 g/mol. The van der Waals surface area contributed by atoms with Crippen molar-refractivity contribution >= 4 is 17.3 Å². The maximum Gasteiger partial charge on any atom is 0.227 e. The molecule has 6 rings (SSSR count). The third-order valence-electron chi connectivity index (χ3n) is 8.06. The lowest BCUT2D eigenvalue weighted by atomic mass is 10.0. The first-order valence-electron chi connectivity index (χ1n) is 14.9. The summed E-state index contributed by atoms with van der Waals surface area (Å²) in [6.07, 6.45) is 7.86. The third kappa shape index (κ3) is 7.04. The van der Waals surface area contributed by atoms with Gasteiger partial charge in [-0.2, -0.15) is 10.1 Å². The van der Waals surface area contributed by atoms with E-state index in [0.29, 0.717) is 42.9 Å². The molecule has 0 atom stereocenters. The molecular weight excluding hydrogens is 560 g/mol. The van der Waals surface area contributed by atoms with Gasteiger partial charge in [0.15, 0.2) is 6.33 Å². The number of tetrazole rings is 1. The number of methoxy groups -OCH3 is 1. The molecule has 4 heterocycles. The normalized spacial score (nSPS) is 16.0. The fourth-order valence-electron chi connectivity index (χ4n) is 5.67. The van der Waals surface area contributed by atoms with Gasteiger partial charge in [-0.05, 0) is 47.9 Å². The molecule has 2 fully saturated rings. The van der Waals surface area contributed by atoms with Crippen molar-refractivity contribution < 1.29 is 14.2 Å². The van der Waals surface area contributed by atoms with E-state index in [0.717, 1.165) is 80.5 Å². The van der Waals surface area contributed by atoms with E-state index in [1.807, 2.05) is 18.2 Å². The number of rotatable bonds is 11. The number of piperidine rings is 1. The summed E-state index contributed by atoms with van der Waals surface area (Å²) < 4.78 is 17.2. The predicted octanol–water partition coefficient (Wildman–Crippen LogP) is 3.52. The van der Waals surface area contributed by atoms with Crippen molar-refractivity contribution in [3.05, 3.63) is 60.7 Å². The maximum atomic E-state index is 9.54. The molecule has 0 amide bonds. The van der Waals surface area contributed by atoms with Crippen molar-refractivity contribution in [3.63, 3.8) is 0 Å². The van der Waals surface area contributed by atoms with Gasteiger partial charge in [0.2, 0.25) is 5.95 Å². The Balaban J connectivity index is 1.07. The zero-order chi connectivity index (χ0) is 30.1. The van der Waals surface area contributed by atoms with Gasteiger partial charge in [0.25, 0.3) is 0 Å². The van der Waals surface area contributed by atoms with Crippen LogP contribution < -0.4 is 19.7 Å². The van der Waals surface area contributed by atoms with Crippen molar-refractivity contribution in [1.82, 2.24) is 35.1 Å². The van der Waals surface area contributed by atoms with Gasteiger partial charge in [0.05, 0.1) is 44.7 Å². The van der Waals surface area contributed by atoms with Crippen molar-refractivity contribution in [2.75, 3.05) is 63.3 Å². The van der Waals surface area contributed by atoms with E-state index in [9.17, 15) is 5.26 Å². The van der Waals surface area contributed by atoms with Crippen molar-refractivity contribution in [1.29, 1.82) is 5.26 Å². The first-order chi connectivity index (χ1) is 21.7. The number of aromatic nitrogens is 6. The van der Waals surface area contributed by atoms with Gasteiger partial charge in [-0.3, -0.25) is 4.90 Å². The van der Waals surface area contributed by atoms with Crippen molar-refractivity contribution in [2.45, 2.75) is 31.8 Å². The number of benzene rings is 2. The van der Waals surface area contributed by atoms with Crippen LogP contribution in [0.2, 0.25) is 0 Å². The van der Waals surface area contributed by atoms with E-state index >= 15 is 0 Å². The number of hydrogen-bond donors (Lipinski definition) is 1. The molecule has 0 bridgehead atoms. The second kappa shape index (κ2) is 14.1. The van der Waals surface area contributed by atoms with E-state index < -0.39 is 0 Å². The lowest BCUT2D eigenvalue weighted by Gasteiger charge is -2.40. The van der Waals surface area contributed by atoms with Gasteiger partial charge in [-0.1, -0.05) is 6.07 Å². The van der Waals surface area contributed by atoms with Crippen LogP contribution in [-0.2, 0) is 11.3 Å². The Bertz CT molecular complexity index is 1540. The van der Waals surface area contributed by atoms with Crippen LogP contribution in [0.3, 0.4) is 0 Å². The Labute approximate surface area is 256 Å². The molecule has 2 aromatic carbocycles. The molecule has 13 heteroatoms. The molecule has 0 unspecified atom stereocenters. The number of anilines is 3. The van der Waals surface area contributed by atoms with Crippen molar-refractivity contribution in [3.8, 4) is 28.7 Å². The minimum atomic E-state index is 0.409. The van der Waals surface area contributed by atoms with Crippen LogP contribution in [0.5, 0.6) is 11.5 Å². The Morgan fingerprint density at radius 1 is 1.00 bits per heavy atom. The van der Waals surface area contributed by atoms with Crippen molar-refractivity contribution in [2.24, 2.45) is 0 Å².